The van der Waals surface area contributed by atoms with Gasteiger partial charge in [-0.15, -0.1) is 0 Å². The van der Waals surface area contributed by atoms with E-state index in [9.17, 15) is 9.59 Å². The van der Waals surface area contributed by atoms with E-state index >= 15 is 0 Å². The number of hydrogen-bond acceptors (Lipinski definition) is 3. The number of carbonyl (C=O) groups is 2. The Morgan fingerprint density at radius 1 is 1.33 bits per heavy atom. The highest BCUT2D eigenvalue weighted by Crippen LogP contribution is 2.10. The van der Waals surface area contributed by atoms with Gasteiger partial charge in [-0.3, -0.25) is 4.79 Å². The Bertz CT molecular complexity index is 417. The third-order valence-corrected chi connectivity index (χ3v) is 2.50. The number of benzene rings is 1. The predicted octanol–water partition coefficient (Wildman–Crippen LogP) is 1.08. The summed E-state index contributed by atoms with van der Waals surface area (Å²) in [5.74, 6) is -1.07. The molecule has 0 bridgehead atoms. The fraction of sp³-hybridized carbons (Fsp3) is 0.385. The molecule has 98 valence electrons. The first-order valence-corrected chi connectivity index (χ1v) is 5.72. The fourth-order valence-electron chi connectivity index (χ4n) is 1.58. The minimum atomic E-state index is -0.967. The van der Waals surface area contributed by atoms with E-state index in [-0.39, 0.29) is 17.9 Å². The number of aryl methyl sites for hydroxylation is 1. The maximum atomic E-state index is 11.5. The van der Waals surface area contributed by atoms with Gasteiger partial charge in [0.15, 0.2) is 0 Å². The first-order valence-electron chi connectivity index (χ1n) is 5.72. The molecule has 1 amide bonds. The van der Waals surface area contributed by atoms with Crippen LogP contribution in [0.2, 0.25) is 0 Å². The van der Waals surface area contributed by atoms with Crippen LogP contribution in [0.3, 0.4) is 0 Å². The van der Waals surface area contributed by atoms with Crippen molar-refractivity contribution < 1.29 is 19.4 Å². The molecule has 18 heavy (non-hydrogen) atoms. The molecule has 1 rings (SSSR count). The van der Waals surface area contributed by atoms with Crippen molar-refractivity contribution in [1.82, 2.24) is 5.32 Å². The highest BCUT2D eigenvalue weighted by atomic mass is 16.5. The lowest BCUT2D eigenvalue weighted by atomic mass is 10.0. The molecule has 0 aliphatic carbocycles. The number of carboxylic acids is 1. The monoisotopic (exact) mass is 251 g/mol. The Balaban J connectivity index is 2.48. The van der Waals surface area contributed by atoms with Gasteiger partial charge in [0.1, 0.15) is 0 Å². The summed E-state index contributed by atoms with van der Waals surface area (Å²) in [5.41, 5.74) is 0.925. The molecule has 0 aromatic heterocycles. The van der Waals surface area contributed by atoms with Crippen molar-refractivity contribution >= 4 is 11.9 Å². The largest absolute Gasteiger partial charge is 0.478 e. The normalized spacial score (nSPS) is 10.1. The summed E-state index contributed by atoms with van der Waals surface area (Å²) in [6, 6.07) is 6.71. The quantitative estimate of drug-likeness (QED) is 0.711. The molecule has 0 radical (unpaired) electrons. The molecule has 0 atom stereocenters. The predicted molar refractivity (Wildman–Crippen MR) is 66.6 cm³/mol. The number of carboxylic acid groups (broad SMARTS) is 1. The van der Waals surface area contributed by atoms with Crippen molar-refractivity contribution in [3.63, 3.8) is 0 Å². The summed E-state index contributed by atoms with van der Waals surface area (Å²) in [6.07, 6.45) is 0.690. The lowest BCUT2D eigenvalue weighted by molar-refractivity contribution is -0.121. The number of nitrogens with one attached hydrogen (secondary N) is 1. The van der Waals surface area contributed by atoms with Crippen molar-refractivity contribution in [3.05, 3.63) is 35.4 Å². The van der Waals surface area contributed by atoms with Crippen LogP contribution in [0.15, 0.2) is 24.3 Å². The van der Waals surface area contributed by atoms with Gasteiger partial charge in [-0.1, -0.05) is 18.2 Å². The Kier molecular flexibility index (Phi) is 5.87. The van der Waals surface area contributed by atoms with Crippen LogP contribution in [-0.4, -0.2) is 37.2 Å². The van der Waals surface area contributed by atoms with Crippen molar-refractivity contribution in [2.75, 3.05) is 20.3 Å². The van der Waals surface area contributed by atoms with Gasteiger partial charge in [0, 0.05) is 20.1 Å². The molecule has 1 aromatic carbocycles. The van der Waals surface area contributed by atoms with Gasteiger partial charge >= 0.3 is 5.97 Å². The second-order valence-electron chi connectivity index (χ2n) is 3.81. The van der Waals surface area contributed by atoms with Gasteiger partial charge in [0.2, 0.25) is 5.91 Å². The number of carbonyl (C=O) groups excluding carboxylic acids is 1. The fourth-order valence-corrected chi connectivity index (χ4v) is 1.58. The zero-order valence-electron chi connectivity index (χ0n) is 10.3. The van der Waals surface area contributed by atoms with Crippen LogP contribution in [0.25, 0.3) is 0 Å². The van der Waals surface area contributed by atoms with Gasteiger partial charge in [0.25, 0.3) is 0 Å². The highest BCUT2D eigenvalue weighted by Gasteiger charge is 2.10. The van der Waals surface area contributed by atoms with Gasteiger partial charge in [0.05, 0.1) is 12.2 Å². The summed E-state index contributed by atoms with van der Waals surface area (Å²) in [4.78, 5) is 22.4. The third kappa shape index (κ3) is 4.55. The van der Waals surface area contributed by atoms with Crippen molar-refractivity contribution in [2.24, 2.45) is 0 Å². The zero-order valence-corrected chi connectivity index (χ0v) is 10.3. The first kappa shape index (κ1) is 14.2. The van der Waals surface area contributed by atoms with Crippen LogP contribution in [0.5, 0.6) is 0 Å². The molecule has 0 fully saturated rings. The highest BCUT2D eigenvalue weighted by molar-refractivity contribution is 5.89. The van der Waals surface area contributed by atoms with Crippen LogP contribution in [0.4, 0.5) is 0 Å². The number of rotatable bonds is 7. The smallest absolute Gasteiger partial charge is 0.335 e. The number of aromatic carboxylic acids is 1. The zero-order chi connectivity index (χ0) is 13.4. The molecule has 0 aliphatic rings. The van der Waals surface area contributed by atoms with Crippen LogP contribution < -0.4 is 5.32 Å². The SMILES string of the molecule is COCCNC(=O)CCc1ccccc1C(=O)O. The van der Waals surface area contributed by atoms with E-state index < -0.39 is 5.97 Å². The topological polar surface area (TPSA) is 75.6 Å². The Morgan fingerprint density at radius 3 is 2.72 bits per heavy atom. The maximum absolute atomic E-state index is 11.5. The average Bonchev–Trinajstić information content (AvgIpc) is 2.37. The second kappa shape index (κ2) is 7.45. The van der Waals surface area contributed by atoms with E-state index in [4.69, 9.17) is 9.84 Å². The molecule has 0 unspecified atom stereocenters. The minimum absolute atomic E-state index is 0.104. The summed E-state index contributed by atoms with van der Waals surface area (Å²) in [5, 5.41) is 11.7. The maximum Gasteiger partial charge on any atom is 0.335 e. The van der Waals surface area contributed by atoms with Crippen LogP contribution in [0, 0.1) is 0 Å². The molecule has 0 saturated carbocycles. The molecule has 0 spiro atoms. The minimum Gasteiger partial charge on any atom is -0.478 e. The van der Waals surface area contributed by atoms with E-state index in [1.54, 1.807) is 31.4 Å². The molecule has 0 saturated heterocycles. The Morgan fingerprint density at radius 2 is 2.06 bits per heavy atom. The standard InChI is InChI=1S/C13H17NO4/c1-18-9-8-14-12(15)7-6-10-4-2-3-5-11(10)13(16)17/h2-5H,6-9H2,1H3,(H,14,15)(H,16,17). The lowest BCUT2D eigenvalue weighted by Gasteiger charge is -2.06. The number of amides is 1. The summed E-state index contributed by atoms with van der Waals surface area (Å²) < 4.78 is 4.81. The molecule has 0 aliphatic heterocycles. The number of ether oxygens (including phenoxy) is 1. The molecule has 0 heterocycles. The second-order valence-corrected chi connectivity index (χ2v) is 3.81. The van der Waals surface area contributed by atoms with Gasteiger partial charge < -0.3 is 15.2 Å². The molecule has 5 nitrogen and oxygen atoms in total. The Hall–Kier alpha value is -1.88. The Labute approximate surface area is 106 Å². The van der Waals surface area contributed by atoms with Gasteiger partial charge in [-0.2, -0.15) is 0 Å². The van der Waals surface area contributed by atoms with Crippen LogP contribution in [-0.2, 0) is 16.0 Å². The summed E-state index contributed by atoms with van der Waals surface area (Å²) >= 11 is 0. The average molecular weight is 251 g/mol. The van der Waals surface area contributed by atoms with E-state index in [0.717, 1.165) is 0 Å². The van der Waals surface area contributed by atoms with E-state index in [1.807, 2.05) is 0 Å². The van der Waals surface area contributed by atoms with E-state index in [2.05, 4.69) is 5.32 Å². The molecular formula is C13H17NO4. The number of hydrogen-bond donors (Lipinski definition) is 2. The van der Waals surface area contributed by atoms with E-state index in [0.29, 0.717) is 25.1 Å². The van der Waals surface area contributed by atoms with E-state index in [1.165, 1.54) is 0 Å². The van der Waals surface area contributed by atoms with Crippen molar-refractivity contribution in [1.29, 1.82) is 0 Å². The summed E-state index contributed by atoms with van der Waals surface area (Å²) in [6.45, 7) is 0.938. The molecule has 2 N–H and O–H groups in total. The molecule has 1 aromatic rings. The summed E-state index contributed by atoms with van der Waals surface area (Å²) in [7, 11) is 1.56. The van der Waals surface area contributed by atoms with Crippen molar-refractivity contribution in [3.8, 4) is 0 Å². The lowest BCUT2D eigenvalue weighted by Crippen LogP contribution is -2.27. The van der Waals surface area contributed by atoms with Crippen LogP contribution >= 0.6 is 0 Å². The van der Waals surface area contributed by atoms with Gasteiger partial charge in [-0.25, -0.2) is 4.79 Å². The third-order valence-electron chi connectivity index (χ3n) is 2.50. The molecule has 5 heteroatoms. The van der Waals surface area contributed by atoms with Gasteiger partial charge in [-0.05, 0) is 18.1 Å². The number of methoxy groups -OCH3 is 1. The van der Waals surface area contributed by atoms with Crippen molar-refractivity contribution in [2.45, 2.75) is 12.8 Å². The van der Waals surface area contributed by atoms with Crippen LogP contribution in [0.1, 0.15) is 22.3 Å². The molecular weight excluding hydrogens is 234 g/mol. The first-order chi connectivity index (χ1) is 8.65.